The van der Waals surface area contributed by atoms with Crippen LogP contribution >= 0.6 is 0 Å². The van der Waals surface area contributed by atoms with Crippen LogP contribution in [-0.2, 0) is 6.42 Å². The highest BCUT2D eigenvalue weighted by molar-refractivity contribution is 5.64. The van der Waals surface area contributed by atoms with Crippen molar-refractivity contribution in [2.24, 2.45) is 5.92 Å². The summed E-state index contributed by atoms with van der Waals surface area (Å²) in [7, 11) is 0. The van der Waals surface area contributed by atoms with Crippen LogP contribution < -0.4 is 4.74 Å². The van der Waals surface area contributed by atoms with Gasteiger partial charge in [0.1, 0.15) is 5.75 Å². The summed E-state index contributed by atoms with van der Waals surface area (Å²) in [5.41, 5.74) is 4.21. The first-order valence-electron chi connectivity index (χ1n) is 8.89. The number of aromatic nitrogens is 3. The summed E-state index contributed by atoms with van der Waals surface area (Å²) >= 11 is 0. The van der Waals surface area contributed by atoms with Gasteiger partial charge >= 0.3 is 0 Å². The molecule has 0 aliphatic heterocycles. The molecule has 0 N–H and O–H groups in total. The fourth-order valence-corrected chi connectivity index (χ4v) is 3.08. The number of ether oxygens (including phenoxy) is 1. The highest BCUT2D eigenvalue weighted by Gasteiger charge is 2.25. The van der Waals surface area contributed by atoms with Gasteiger partial charge in [-0.2, -0.15) is 5.10 Å². The maximum atomic E-state index is 5.82. The Morgan fingerprint density at radius 3 is 2.80 bits per heavy atom. The molecule has 0 radical (unpaired) electrons. The number of nitrogens with zero attached hydrogens (tertiary/aromatic N) is 3. The standard InChI is InChI=1S/C21H23N3O/c1-14(2)25-18-7-4-6-17(13-18)19-8-5-9-21-22-20(23-24(19)21)12-15(3)16-10-11-16/h4-9,13-14,16H,3,10-12H2,1-2H3. The average Bonchev–Trinajstić information content (AvgIpc) is 3.34. The van der Waals surface area contributed by atoms with E-state index in [1.54, 1.807) is 0 Å². The Bertz CT molecular complexity index is 922. The molecule has 3 aromatic rings. The van der Waals surface area contributed by atoms with Crippen LogP contribution in [0.25, 0.3) is 16.9 Å². The summed E-state index contributed by atoms with van der Waals surface area (Å²) in [6, 6.07) is 14.2. The molecule has 0 atom stereocenters. The van der Waals surface area contributed by atoms with Crippen molar-refractivity contribution in [1.82, 2.24) is 14.6 Å². The smallest absolute Gasteiger partial charge is 0.156 e. The van der Waals surface area contributed by atoms with E-state index in [2.05, 4.69) is 29.8 Å². The van der Waals surface area contributed by atoms with Gasteiger partial charge in [-0.1, -0.05) is 30.4 Å². The van der Waals surface area contributed by atoms with Crippen molar-refractivity contribution in [2.45, 2.75) is 39.2 Å². The third-order valence-corrected chi connectivity index (χ3v) is 4.45. The molecule has 0 spiro atoms. The maximum absolute atomic E-state index is 5.82. The molecule has 1 aliphatic rings. The van der Waals surface area contributed by atoms with Gasteiger partial charge in [0.15, 0.2) is 11.5 Å². The Morgan fingerprint density at radius 1 is 1.24 bits per heavy atom. The molecule has 1 saturated carbocycles. The Kier molecular flexibility index (Phi) is 4.04. The van der Waals surface area contributed by atoms with E-state index in [4.69, 9.17) is 9.84 Å². The molecule has 4 heteroatoms. The fraction of sp³-hybridized carbons (Fsp3) is 0.333. The van der Waals surface area contributed by atoms with E-state index in [-0.39, 0.29) is 6.10 Å². The molecule has 128 valence electrons. The summed E-state index contributed by atoms with van der Waals surface area (Å²) in [6.45, 7) is 8.26. The summed E-state index contributed by atoms with van der Waals surface area (Å²) in [6.07, 6.45) is 3.44. The molecule has 0 saturated heterocycles. The molecule has 4 rings (SSSR count). The van der Waals surface area contributed by atoms with Crippen LogP contribution in [0.1, 0.15) is 32.5 Å². The van der Waals surface area contributed by atoms with Crippen LogP contribution in [0, 0.1) is 5.92 Å². The number of rotatable bonds is 6. The van der Waals surface area contributed by atoms with Gasteiger partial charge in [-0.15, -0.1) is 0 Å². The molecule has 1 aromatic carbocycles. The molecule has 0 amide bonds. The topological polar surface area (TPSA) is 39.4 Å². The van der Waals surface area contributed by atoms with Gasteiger partial charge < -0.3 is 4.74 Å². The Labute approximate surface area is 148 Å². The van der Waals surface area contributed by atoms with E-state index in [1.807, 2.05) is 42.6 Å². The van der Waals surface area contributed by atoms with Crippen LogP contribution in [0.5, 0.6) is 5.75 Å². The number of hydrogen-bond donors (Lipinski definition) is 0. The third kappa shape index (κ3) is 3.43. The molecule has 2 heterocycles. The molecule has 2 aromatic heterocycles. The van der Waals surface area contributed by atoms with E-state index in [0.717, 1.165) is 34.9 Å². The lowest BCUT2D eigenvalue weighted by Gasteiger charge is -2.11. The minimum Gasteiger partial charge on any atom is -0.491 e. The van der Waals surface area contributed by atoms with Gasteiger partial charge in [0.25, 0.3) is 0 Å². The van der Waals surface area contributed by atoms with Crippen LogP contribution in [0.15, 0.2) is 54.6 Å². The molecule has 4 nitrogen and oxygen atoms in total. The number of pyridine rings is 1. The number of benzene rings is 1. The second-order valence-electron chi connectivity index (χ2n) is 7.01. The van der Waals surface area contributed by atoms with Gasteiger partial charge in [0.2, 0.25) is 0 Å². The highest BCUT2D eigenvalue weighted by atomic mass is 16.5. The number of allylic oxidation sites excluding steroid dienone is 1. The normalized spacial score (nSPS) is 14.2. The van der Waals surface area contributed by atoms with Gasteiger partial charge in [-0.25, -0.2) is 9.50 Å². The van der Waals surface area contributed by atoms with Gasteiger partial charge in [0, 0.05) is 12.0 Å². The zero-order valence-electron chi connectivity index (χ0n) is 14.8. The molecule has 0 bridgehead atoms. The first-order valence-corrected chi connectivity index (χ1v) is 8.89. The fourth-order valence-electron chi connectivity index (χ4n) is 3.08. The van der Waals surface area contributed by atoms with Crippen LogP contribution in [0.4, 0.5) is 0 Å². The van der Waals surface area contributed by atoms with Crippen molar-refractivity contribution in [3.8, 4) is 17.0 Å². The van der Waals surface area contributed by atoms with E-state index < -0.39 is 0 Å². The van der Waals surface area contributed by atoms with Gasteiger partial charge in [-0.05, 0) is 56.9 Å². The number of fused-ring (bicyclic) bond motifs is 1. The molecule has 1 fully saturated rings. The van der Waals surface area contributed by atoms with Crippen molar-refractivity contribution >= 4 is 5.65 Å². The highest BCUT2D eigenvalue weighted by Crippen LogP contribution is 2.36. The van der Waals surface area contributed by atoms with E-state index in [9.17, 15) is 0 Å². The second-order valence-corrected chi connectivity index (χ2v) is 7.01. The summed E-state index contributed by atoms with van der Waals surface area (Å²) in [5, 5.41) is 4.73. The Morgan fingerprint density at radius 2 is 2.04 bits per heavy atom. The molecular formula is C21H23N3O. The summed E-state index contributed by atoms with van der Waals surface area (Å²) < 4.78 is 7.74. The van der Waals surface area contributed by atoms with Gasteiger partial charge in [-0.3, -0.25) is 0 Å². The zero-order valence-corrected chi connectivity index (χ0v) is 14.8. The minimum absolute atomic E-state index is 0.150. The van der Waals surface area contributed by atoms with E-state index in [0.29, 0.717) is 5.92 Å². The lowest BCUT2D eigenvalue weighted by molar-refractivity contribution is 0.242. The first-order chi connectivity index (χ1) is 12.1. The van der Waals surface area contributed by atoms with Crippen LogP contribution in [0.3, 0.4) is 0 Å². The zero-order chi connectivity index (χ0) is 17.4. The molecule has 0 unspecified atom stereocenters. The van der Waals surface area contributed by atoms with Crippen molar-refractivity contribution < 1.29 is 4.74 Å². The monoisotopic (exact) mass is 333 g/mol. The third-order valence-electron chi connectivity index (χ3n) is 4.45. The summed E-state index contributed by atoms with van der Waals surface area (Å²) in [4.78, 5) is 4.68. The average molecular weight is 333 g/mol. The molecular weight excluding hydrogens is 310 g/mol. The lowest BCUT2D eigenvalue weighted by atomic mass is 10.1. The van der Waals surface area contributed by atoms with Crippen molar-refractivity contribution in [2.75, 3.05) is 0 Å². The van der Waals surface area contributed by atoms with Crippen molar-refractivity contribution in [3.05, 3.63) is 60.4 Å². The van der Waals surface area contributed by atoms with Crippen molar-refractivity contribution in [3.63, 3.8) is 0 Å². The largest absolute Gasteiger partial charge is 0.491 e. The van der Waals surface area contributed by atoms with Crippen LogP contribution in [0.2, 0.25) is 0 Å². The first kappa shape index (κ1) is 15.9. The Hall–Kier alpha value is -2.62. The van der Waals surface area contributed by atoms with Crippen molar-refractivity contribution in [1.29, 1.82) is 0 Å². The SMILES string of the molecule is C=C(Cc1nc2cccc(-c3cccc(OC(C)C)c3)n2n1)C1CC1. The Balaban J connectivity index is 1.69. The van der Waals surface area contributed by atoms with E-state index in [1.165, 1.54) is 18.4 Å². The predicted octanol–water partition coefficient (Wildman–Crippen LogP) is 4.69. The maximum Gasteiger partial charge on any atom is 0.156 e. The number of hydrogen-bond acceptors (Lipinski definition) is 3. The summed E-state index contributed by atoms with van der Waals surface area (Å²) in [5.74, 6) is 2.39. The van der Waals surface area contributed by atoms with Crippen LogP contribution in [-0.4, -0.2) is 20.7 Å². The lowest BCUT2D eigenvalue weighted by Crippen LogP contribution is -2.05. The minimum atomic E-state index is 0.150. The second kappa shape index (κ2) is 6.36. The quantitative estimate of drug-likeness (QED) is 0.614. The molecule has 25 heavy (non-hydrogen) atoms. The van der Waals surface area contributed by atoms with Gasteiger partial charge in [0.05, 0.1) is 11.8 Å². The van der Waals surface area contributed by atoms with E-state index >= 15 is 0 Å². The molecule has 1 aliphatic carbocycles. The predicted molar refractivity (Wildman–Crippen MR) is 99.8 cm³/mol.